The van der Waals surface area contributed by atoms with Crippen LogP contribution in [-0.2, 0) is 30.0 Å². The Bertz CT molecular complexity index is 970. The molecule has 0 aliphatic rings. The van der Waals surface area contributed by atoms with Gasteiger partial charge in [0.1, 0.15) is 11.9 Å². The Balaban J connectivity index is 2.32. The van der Waals surface area contributed by atoms with Crippen LogP contribution < -0.4 is 16.6 Å². The summed E-state index contributed by atoms with van der Waals surface area (Å²) in [6.45, 7) is 2.09. The first kappa shape index (κ1) is 20.0. The van der Waals surface area contributed by atoms with Crippen molar-refractivity contribution in [2.24, 2.45) is 20.0 Å². The normalized spacial score (nSPS) is 11.5. The summed E-state index contributed by atoms with van der Waals surface area (Å²) in [5, 5.41) is 12.2. The summed E-state index contributed by atoms with van der Waals surface area (Å²) in [6.07, 6.45) is 0.424. The van der Waals surface area contributed by atoms with Gasteiger partial charge < -0.3 is 10.1 Å². The molecule has 1 heterocycles. The van der Waals surface area contributed by atoms with Crippen molar-refractivity contribution in [3.63, 3.8) is 0 Å². The summed E-state index contributed by atoms with van der Waals surface area (Å²) in [6, 6.07) is 11.3. The van der Waals surface area contributed by atoms with Gasteiger partial charge in [-0.25, -0.2) is 4.79 Å². The first-order valence-electron chi connectivity index (χ1n) is 8.55. The van der Waals surface area contributed by atoms with Crippen molar-refractivity contribution >= 4 is 11.8 Å². The monoisotopic (exact) mass is 370 g/mol. The molecule has 8 heteroatoms. The van der Waals surface area contributed by atoms with Crippen molar-refractivity contribution in [2.75, 3.05) is 18.5 Å². The molecule has 0 radical (unpaired) electrons. The number of nitrogens with zero attached hydrogens (tertiary/aromatic N) is 3. The molecule has 0 bridgehead atoms. The van der Waals surface area contributed by atoms with Gasteiger partial charge in [0.2, 0.25) is 0 Å². The molecule has 1 aromatic heterocycles. The summed E-state index contributed by atoms with van der Waals surface area (Å²) >= 11 is 0. The molecule has 1 aromatic carbocycles. The number of nitriles is 1. The molecule has 27 heavy (non-hydrogen) atoms. The van der Waals surface area contributed by atoms with Crippen LogP contribution in [-0.4, -0.2) is 28.3 Å². The lowest BCUT2D eigenvalue weighted by Gasteiger charge is -2.19. The van der Waals surface area contributed by atoms with Gasteiger partial charge in [-0.2, -0.15) is 5.26 Å². The minimum absolute atomic E-state index is 0.0907. The largest absolute Gasteiger partial charge is 0.466 e. The van der Waals surface area contributed by atoms with Gasteiger partial charge in [0.05, 0.1) is 12.5 Å². The van der Waals surface area contributed by atoms with Gasteiger partial charge >= 0.3 is 11.7 Å². The highest BCUT2D eigenvalue weighted by Crippen LogP contribution is 2.14. The first-order valence-corrected chi connectivity index (χ1v) is 8.55. The predicted octanol–water partition coefficient (Wildman–Crippen LogP) is 0.790. The van der Waals surface area contributed by atoms with Crippen LogP contribution in [0.25, 0.3) is 0 Å². The Morgan fingerprint density at radius 1 is 1.22 bits per heavy atom. The number of esters is 1. The highest BCUT2D eigenvalue weighted by atomic mass is 16.5. The molecule has 1 atom stereocenters. The van der Waals surface area contributed by atoms with E-state index in [1.165, 1.54) is 18.7 Å². The zero-order valence-corrected chi connectivity index (χ0v) is 15.6. The molecule has 0 saturated heterocycles. The van der Waals surface area contributed by atoms with Crippen molar-refractivity contribution in [1.82, 2.24) is 9.13 Å². The van der Waals surface area contributed by atoms with Crippen LogP contribution in [0, 0.1) is 17.2 Å². The lowest BCUT2D eigenvalue weighted by Crippen LogP contribution is -2.40. The van der Waals surface area contributed by atoms with Gasteiger partial charge in [0.15, 0.2) is 5.56 Å². The maximum absolute atomic E-state index is 12.3. The van der Waals surface area contributed by atoms with Crippen LogP contribution in [0.4, 0.5) is 5.82 Å². The van der Waals surface area contributed by atoms with Crippen LogP contribution in [0.15, 0.2) is 39.9 Å². The van der Waals surface area contributed by atoms with Crippen LogP contribution in [0.3, 0.4) is 0 Å². The number of anilines is 1. The van der Waals surface area contributed by atoms with E-state index >= 15 is 0 Å². The molecule has 142 valence electrons. The molecule has 0 fully saturated rings. The second-order valence-corrected chi connectivity index (χ2v) is 6.06. The molecule has 0 aliphatic carbocycles. The number of carbonyl (C=O) groups is 1. The average Bonchev–Trinajstić information content (AvgIpc) is 2.68. The third-order valence-electron chi connectivity index (χ3n) is 4.24. The molecular formula is C19H22N4O4. The second-order valence-electron chi connectivity index (χ2n) is 6.06. The Kier molecular flexibility index (Phi) is 6.55. The highest BCUT2D eigenvalue weighted by molar-refractivity contribution is 5.73. The van der Waals surface area contributed by atoms with E-state index in [1.54, 1.807) is 6.92 Å². The van der Waals surface area contributed by atoms with E-state index in [2.05, 4.69) is 5.32 Å². The van der Waals surface area contributed by atoms with Gasteiger partial charge in [-0.1, -0.05) is 30.3 Å². The minimum Gasteiger partial charge on any atom is -0.466 e. The molecular weight excluding hydrogens is 348 g/mol. The number of carbonyl (C=O) groups excluding carboxylic acids is 1. The standard InChI is InChI=1S/C19H22N4O4/c1-4-27-18(25)14(10-13-8-6-5-7-9-13)12-21-16-15(11-20)17(24)23(3)19(26)22(16)2/h5-9,14,21H,4,10,12H2,1-3H3. The zero-order chi connectivity index (χ0) is 20.0. The van der Waals surface area contributed by atoms with Gasteiger partial charge in [-0.05, 0) is 18.9 Å². The Hall–Kier alpha value is -3.34. The number of benzene rings is 1. The van der Waals surface area contributed by atoms with E-state index in [0.717, 1.165) is 10.1 Å². The average molecular weight is 370 g/mol. The third kappa shape index (κ3) is 4.44. The summed E-state index contributed by atoms with van der Waals surface area (Å²) < 4.78 is 7.20. The molecule has 0 amide bonds. The molecule has 1 unspecified atom stereocenters. The van der Waals surface area contributed by atoms with Crippen LogP contribution >= 0.6 is 0 Å². The topological polar surface area (TPSA) is 106 Å². The highest BCUT2D eigenvalue weighted by Gasteiger charge is 2.22. The second kappa shape index (κ2) is 8.85. The van der Waals surface area contributed by atoms with E-state index in [-0.39, 0.29) is 30.5 Å². The Morgan fingerprint density at radius 2 is 1.89 bits per heavy atom. The number of hydrogen-bond acceptors (Lipinski definition) is 6. The van der Waals surface area contributed by atoms with Gasteiger partial charge in [0.25, 0.3) is 5.56 Å². The third-order valence-corrected chi connectivity index (χ3v) is 4.24. The lowest BCUT2D eigenvalue weighted by molar-refractivity contribution is -0.147. The number of rotatable bonds is 7. The fraction of sp³-hybridized carbons (Fsp3) is 0.368. The number of ether oxygens (including phenoxy) is 1. The van der Waals surface area contributed by atoms with Crippen LogP contribution in [0.2, 0.25) is 0 Å². The molecule has 0 spiro atoms. The van der Waals surface area contributed by atoms with Crippen LogP contribution in [0.1, 0.15) is 18.1 Å². The number of aromatic nitrogens is 2. The fourth-order valence-corrected chi connectivity index (χ4v) is 2.77. The number of hydrogen-bond donors (Lipinski definition) is 1. The molecule has 0 aliphatic heterocycles. The van der Waals surface area contributed by atoms with Crippen molar-refractivity contribution in [3.05, 3.63) is 62.3 Å². The van der Waals surface area contributed by atoms with E-state index < -0.39 is 17.2 Å². The van der Waals surface area contributed by atoms with E-state index in [1.807, 2.05) is 36.4 Å². The fourth-order valence-electron chi connectivity index (χ4n) is 2.77. The summed E-state index contributed by atoms with van der Waals surface area (Å²) in [5.74, 6) is -0.841. The zero-order valence-electron chi connectivity index (χ0n) is 15.6. The van der Waals surface area contributed by atoms with Crippen molar-refractivity contribution in [2.45, 2.75) is 13.3 Å². The van der Waals surface area contributed by atoms with Crippen LogP contribution in [0.5, 0.6) is 0 Å². The van der Waals surface area contributed by atoms with Crippen molar-refractivity contribution in [3.8, 4) is 6.07 Å². The van der Waals surface area contributed by atoms with E-state index in [4.69, 9.17) is 4.74 Å². The molecule has 0 saturated carbocycles. The molecule has 2 rings (SSSR count). The SMILES string of the molecule is CCOC(=O)C(CNc1c(C#N)c(=O)n(C)c(=O)n1C)Cc1ccccc1. The lowest BCUT2D eigenvalue weighted by atomic mass is 9.99. The quantitative estimate of drug-likeness (QED) is 0.722. The van der Waals surface area contributed by atoms with E-state index in [9.17, 15) is 19.6 Å². The van der Waals surface area contributed by atoms with Crippen molar-refractivity contribution in [1.29, 1.82) is 5.26 Å². The Morgan fingerprint density at radius 3 is 2.48 bits per heavy atom. The van der Waals surface area contributed by atoms with E-state index in [0.29, 0.717) is 6.42 Å². The molecule has 2 aromatic rings. The summed E-state index contributed by atoms with van der Waals surface area (Å²) in [7, 11) is 2.77. The van der Waals surface area contributed by atoms with Gasteiger partial charge in [-0.15, -0.1) is 0 Å². The maximum Gasteiger partial charge on any atom is 0.332 e. The predicted molar refractivity (Wildman–Crippen MR) is 100 cm³/mol. The summed E-state index contributed by atoms with van der Waals surface area (Å²) in [5.41, 5.74) is -0.464. The van der Waals surface area contributed by atoms with Gasteiger partial charge in [-0.3, -0.25) is 18.7 Å². The first-order chi connectivity index (χ1) is 12.9. The number of nitrogens with one attached hydrogen (secondary N) is 1. The maximum atomic E-state index is 12.3. The molecule has 8 nitrogen and oxygen atoms in total. The Labute approximate surface area is 156 Å². The van der Waals surface area contributed by atoms with Crippen molar-refractivity contribution < 1.29 is 9.53 Å². The minimum atomic E-state index is -0.682. The smallest absolute Gasteiger partial charge is 0.332 e. The van der Waals surface area contributed by atoms with Gasteiger partial charge in [0, 0.05) is 20.6 Å². The molecule has 1 N–H and O–H groups in total. The summed E-state index contributed by atoms with van der Waals surface area (Å²) in [4.78, 5) is 36.6.